The van der Waals surface area contributed by atoms with E-state index in [0.29, 0.717) is 12.5 Å². The van der Waals surface area contributed by atoms with Crippen LogP contribution in [0.3, 0.4) is 0 Å². The number of aryl methyl sites for hydroxylation is 2. The first-order chi connectivity index (χ1) is 11.4. The Morgan fingerprint density at radius 3 is 2.58 bits per heavy atom. The van der Waals surface area contributed by atoms with Gasteiger partial charge in [0.15, 0.2) is 0 Å². The van der Waals surface area contributed by atoms with Crippen LogP contribution in [0.1, 0.15) is 43.7 Å². The lowest BCUT2D eigenvalue weighted by Gasteiger charge is -2.38. The second-order valence-electron chi connectivity index (χ2n) is 7.34. The van der Waals surface area contributed by atoms with Crippen LogP contribution in [-0.4, -0.2) is 65.3 Å². The zero-order valence-corrected chi connectivity index (χ0v) is 15.2. The van der Waals surface area contributed by atoms with E-state index in [1.807, 2.05) is 13.8 Å². The summed E-state index contributed by atoms with van der Waals surface area (Å²) in [6, 6.07) is 0.315. The van der Waals surface area contributed by atoms with E-state index in [2.05, 4.69) is 28.8 Å². The number of hydrogen-bond acceptors (Lipinski definition) is 5. The fourth-order valence-electron chi connectivity index (χ4n) is 4.09. The van der Waals surface area contributed by atoms with Crippen LogP contribution < -0.4 is 0 Å². The van der Waals surface area contributed by atoms with Crippen LogP contribution in [-0.2, 0) is 16.0 Å². The van der Waals surface area contributed by atoms with Gasteiger partial charge in [0.1, 0.15) is 5.76 Å². The van der Waals surface area contributed by atoms with Gasteiger partial charge in [-0.1, -0.05) is 5.16 Å². The van der Waals surface area contributed by atoms with Gasteiger partial charge in [-0.15, -0.1) is 0 Å². The summed E-state index contributed by atoms with van der Waals surface area (Å²) >= 11 is 0. The number of carbonyl (C=O) groups is 1. The summed E-state index contributed by atoms with van der Waals surface area (Å²) in [7, 11) is 0. The molecule has 2 fully saturated rings. The maximum Gasteiger partial charge on any atom is 0.227 e. The molecular formula is C18H29N3O3. The average molecular weight is 335 g/mol. The number of likely N-dealkylation sites (tertiary alicyclic amines) is 1. The third-order valence-corrected chi connectivity index (χ3v) is 5.17. The number of morpholine rings is 1. The Hall–Kier alpha value is -1.40. The Morgan fingerprint density at radius 2 is 1.96 bits per heavy atom. The summed E-state index contributed by atoms with van der Waals surface area (Å²) in [5, 5.41) is 3.96. The van der Waals surface area contributed by atoms with Gasteiger partial charge in [0, 0.05) is 37.8 Å². The molecule has 24 heavy (non-hydrogen) atoms. The summed E-state index contributed by atoms with van der Waals surface area (Å²) in [5.41, 5.74) is 1.77. The summed E-state index contributed by atoms with van der Waals surface area (Å²) in [6.07, 6.45) is 3.11. The first-order valence-electron chi connectivity index (χ1n) is 9.03. The van der Waals surface area contributed by atoms with E-state index in [1.54, 1.807) is 0 Å². The zero-order chi connectivity index (χ0) is 17.3. The van der Waals surface area contributed by atoms with Crippen molar-refractivity contribution in [3.05, 3.63) is 17.0 Å². The molecule has 1 aromatic heterocycles. The molecule has 0 unspecified atom stereocenters. The summed E-state index contributed by atoms with van der Waals surface area (Å²) < 4.78 is 11.0. The Labute approximate surface area is 144 Å². The molecule has 0 bridgehead atoms. The van der Waals surface area contributed by atoms with Crippen molar-refractivity contribution in [3.63, 3.8) is 0 Å². The van der Waals surface area contributed by atoms with Crippen molar-refractivity contribution in [2.24, 2.45) is 0 Å². The van der Waals surface area contributed by atoms with Gasteiger partial charge < -0.3 is 14.2 Å². The highest BCUT2D eigenvalue weighted by atomic mass is 16.5. The number of amides is 1. The standard InChI is InChI=1S/C18H29N3O3/c1-12-9-20(10-13(2)23-12)11-16-6-5-7-21(16)18(22)8-17-14(3)19-24-15(17)4/h12-13,16H,5-11H2,1-4H3/t12-,13-,16+/m0/s1. The second kappa shape index (κ2) is 7.23. The summed E-state index contributed by atoms with van der Waals surface area (Å²) in [5.74, 6) is 0.952. The van der Waals surface area contributed by atoms with E-state index in [4.69, 9.17) is 9.26 Å². The van der Waals surface area contributed by atoms with Crippen LogP contribution in [0.15, 0.2) is 4.52 Å². The highest BCUT2D eigenvalue weighted by Gasteiger charge is 2.32. The molecule has 0 spiro atoms. The topological polar surface area (TPSA) is 58.8 Å². The quantitative estimate of drug-likeness (QED) is 0.841. The number of aromatic nitrogens is 1. The highest BCUT2D eigenvalue weighted by molar-refractivity contribution is 5.79. The molecule has 6 heteroatoms. The maximum absolute atomic E-state index is 12.8. The first-order valence-corrected chi connectivity index (χ1v) is 9.03. The van der Waals surface area contributed by atoms with Crippen molar-refractivity contribution in [1.29, 1.82) is 0 Å². The van der Waals surface area contributed by atoms with Crippen molar-refractivity contribution in [1.82, 2.24) is 15.0 Å². The average Bonchev–Trinajstić information content (AvgIpc) is 3.08. The van der Waals surface area contributed by atoms with Gasteiger partial charge in [-0.2, -0.15) is 0 Å². The van der Waals surface area contributed by atoms with Crippen LogP contribution in [0.2, 0.25) is 0 Å². The number of hydrogen-bond donors (Lipinski definition) is 0. The van der Waals surface area contributed by atoms with Crippen molar-refractivity contribution in [2.45, 2.75) is 65.2 Å². The molecule has 6 nitrogen and oxygen atoms in total. The molecule has 3 rings (SSSR count). The minimum Gasteiger partial charge on any atom is -0.373 e. The summed E-state index contributed by atoms with van der Waals surface area (Å²) in [6.45, 7) is 11.7. The van der Waals surface area contributed by atoms with Crippen molar-refractivity contribution >= 4 is 5.91 Å². The Balaban J connectivity index is 1.61. The molecule has 2 saturated heterocycles. The largest absolute Gasteiger partial charge is 0.373 e. The van der Waals surface area contributed by atoms with Gasteiger partial charge in [-0.05, 0) is 40.5 Å². The minimum atomic E-state index is 0.196. The Morgan fingerprint density at radius 1 is 1.25 bits per heavy atom. The number of nitrogens with zero attached hydrogens (tertiary/aromatic N) is 3. The lowest BCUT2D eigenvalue weighted by atomic mass is 10.1. The van der Waals surface area contributed by atoms with Crippen LogP contribution in [0.25, 0.3) is 0 Å². The second-order valence-corrected chi connectivity index (χ2v) is 7.34. The van der Waals surface area contributed by atoms with Gasteiger partial charge in [-0.3, -0.25) is 9.69 Å². The molecule has 3 heterocycles. The van der Waals surface area contributed by atoms with Gasteiger partial charge in [0.2, 0.25) is 5.91 Å². The van der Waals surface area contributed by atoms with E-state index in [9.17, 15) is 4.79 Å². The van der Waals surface area contributed by atoms with Gasteiger partial charge >= 0.3 is 0 Å². The van der Waals surface area contributed by atoms with Crippen molar-refractivity contribution < 1.29 is 14.1 Å². The fraction of sp³-hybridized carbons (Fsp3) is 0.778. The molecular weight excluding hydrogens is 306 g/mol. The third-order valence-electron chi connectivity index (χ3n) is 5.17. The summed E-state index contributed by atoms with van der Waals surface area (Å²) in [4.78, 5) is 17.3. The molecule has 2 aliphatic rings. The fourth-order valence-corrected chi connectivity index (χ4v) is 4.09. The van der Waals surface area contributed by atoms with Gasteiger partial charge in [0.25, 0.3) is 0 Å². The third kappa shape index (κ3) is 3.81. The van der Waals surface area contributed by atoms with Gasteiger partial charge in [0.05, 0.1) is 24.3 Å². The van der Waals surface area contributed by atoms with Gasteiger partial charge in [-0.25, -0.2) is 0 Å². The van der Waals surface area contributed by atoms with Crippen LogP contribution in [0.4, 0.5) is 0 Å². The first kappa shape index (κ1) is 17.4. The molecule has 2 aliphatic heterocycles. The number of carbonyl (C=O) groups excluding carboxylic acids is 1. The molecule has 0 radical (unpaired) electrons. The minimum absolute atomic E-state index is 0.196. The van der Waals surface area contributed by atoms with Crippen molar-refractivity contribution in [2.75, 3.05) is 26.2 Å². The van der Waals surface area contributed by atoms with E-state index < -0.39 is 0 Å². The van der Waals surface area contributed by atoms with Crippen LogP contribution in [0.5, 0.6) is 0 Å². The predicted molar refractivity (Wildman–Crippen MR) is 90.9 cm³/mol. The van der Waals surface area contributed by atoms with Crippen LogP contribution >= 0.6 is 0 Å². The maximum atomic E-state index is 12.8. The lowest BCUT2D eigenvalue weighted by Crippen LogP contribution is -2.51. The van der Waals surface area contributed by atoms with E-state index in [-0.39, 0.29) is 18.1 Å². The Kier molecular flexibility index (Phi) is 5.25. The van der Waals surface area contributed by atoms with E-state index in [1.165, 1.54) is 0 Å². The molecule has 0 aliphatic carbocycles. The zero-order valence-electron chi connectivity index (χ0n) is 15.2. The molecule has 0 aromatic carbocycles. The Bertz CT molecular complexity index is 557. The monoisotopic (exact) mass is 335 g/mol. The van der Waals surface area contributed by atoms with E-state index in [0.717, 1.165) is 56.0 Å². The number of ether oxygens (including phenoxy) is 1. The number of rotatable bonds is 4. The molecule has 134 valence electrons. The predicted octanol–water partition coefficient (Wildman–Crippen LogP) is 1.93. The highest BCUT2D eigenvalue weighted by Crippen LogP contribution is 2.23. The van der Waals surface area contributed by atoms with E-state index >= 15 is 0 Å². The normalized spacial score (nSPS) is 28.5. The molecule has 3 atom stereocenters. The van der Waals surface area contributed by atoms with Crippen molar-refractivity contribution in [3.8, 4) is 0 Å². The molecule has 1 aromatic rings. The molecule has 0 N–H and O–H groups in total. The SMILES string of the molecule is Cc1noc(C)c1CC(=O)N1CCC[C@@H]1CN1C[C@H](C)O[C@@H](C)C1. The molecule has 0 saturated carbocycles. The van der Waals surface area contributed by atoms with Crippen LogP contribution in [0, 0.1) is 13.8 Å². The molecule has 1 amide bonds. The lowest BCUT2D eigenvalue weighted by molar-refractivity contribution is -0.132. The smallest absolute Gasteiger partial charge is 0.227 e.